The molecule has 0 bridgehead atoms. The third-order valence-electron chi connectivity index (χ3n) is 6.40. The summed E-state index contributed by atoms with van der Waals surface area (Å²) in [4.78, 5) is 93.7. The van der Waals surface area contributed by atoms with Crippen molar-refractivity contribution in [2.45, 2.75) is 89.0 Å². The van der Waals surface area contributed by atoms with Crippen molar-refractivity contribution in [3.8, 4) is 0 Å². The number of nitrogens with one attached hydrogen (secondary N) is 4. The quantitative estimate of drug-likeness (QED) is 0.0276. The number of aliphatic carboxylic acids is 3. The lowest BCUT2D eigenvalue weighted by Gasteiger charge is -2.27. The van der Waals surface area contributed by atoms with E-state index in [9.17, 15) is 43.8 Å². The molecule has 0 aliphatic heterocycles. The van der Waals surface area contributed by atoms with Crippen LogP contribution in [0.2, 0.25) is 0 Å². The maximum atomic E-state index is 13.4. The average Bonchev–Trinajstić information content (AvgIpc) is 2.95. The van der Waals surface area contributed by atoms with Crippen LogP contribution in [-0.2, 0) is 33.6 Å². The number of nitrogens with two attached hydrogens (primary N) is 5. The topological polar surface area (TPSA) is 383 Å². The van der Waals surface area contributed by atoms with Gasteiger partial charge < -0.3 is 65.3 Å². The van der Waals surface area contributed by atoms with Crippen LogP contribution >= 0.6 is 0 Å². The van der Waals surface area contributed by atoms with Crippen LogP contribution in [0.1, 0.15) is 58.8 Å². The van der Waals surface area contributed by atoms with Gasteiger partial charge in [0.25, 0.3) is 0 Å². The lowest BCUT2D eigenvalue weighted by molar-refractivity contribution is -0.147. The minimum absolute atomic E-state index is 0.0283. The first-order chi connectivity index (χ1) is 21.8. The Balaban J connectivity index is 5.97. The molecule has 0 aromatic rings. The molecule has 0 aliphatic rings. The number of aliphatic imine (C=N–C) groups is 2. The van der Waals surface area contributed by atoms with Gasteiger partial charge in [-0.2, -0.15) is 0 Å². The Hall–Kier alpha value is -5.21. The van der Waals surface area contributed by atoms with Gasteiger partial charge in [-0.3, -0.25) is 38.8 Å². The van der Waals surface area contributed by atoms with Gasteiger partial charge >= 0.3 is 17.9 Å². The van der Waals surface area contributed by atoms with E-state index < -0.39 is 96.9 Å². The number of carboxylic acids is 3. The van der Waals surface area contributed by atoms with Crippen molar-refractivity contribution < 1.29 is 48.9 Å². The predicted octanol–water partition coefficient (Wildman–Crippen LogP) is -4.56. The fraction of sp³-hybridized carbons (Fsp3) is 0.654. The summed E-state index contributed by atoms with van der Waals surface area (Å²) >= 11 is 0. The highest BCUT2D eigenvalue weighted by Crippen LogP contribution is 2.08. The third-order valence-corrected chi connectivity index (χ3v) is 6.40. The molecule has 0 heterocycles. The van der Waals surface area contributed by atoms with E-state index in [-0.39, 0.29) is 44.3 Å². The number of guanidine groups is 2. The molecule has 0 aliphatic carbocycles. The zero-order valence-corrected chi connectivity index (χ0v) is 26.3. The van der Waals surface area contributed by atoms with Gasteiger partial charge in [-0.15, -0.1) is 0 Å². The molecule has 17 N–H and O–H groups in total. The fourth-order valence-electron chi connectivity index (χ4n) is 3.94. The summed E-state index contributed by atoms with van der Waals surface area (Å²) < 4.78 is 0. The minimum Gasteiger partial charge on any atom is -0.481 e. The van der Waals surface area contributed by atoms with E-state index in [0.717, 1.165) is 0 Å². The number of carbonyl (C=O) groups excluding carboxylic acids is 4. The summed E-state index contributed by atoms with van der Waals surface area (Å²) in [6.07, 6.45) is -1.29. The average molecular weight is 674 g/mol. The van der Waals surface area contributed by atoms with Crippen molar-refractivity contribution in [2.75, 3.05) is 13.1 Å². The highest BCUT2D eigenvalue weighted by Gasteiger charge is 2.33. The standard InChI is InChI=1S/C26H47N11O10/c1-12(2)19(23(45)36-16(24(46)47)11-18(40)41)37-22(44)15(7-8-17(38)39)35-21(43)14(6-4-10-33-26(30)31)34-20(42)13(27)5-3-9-32-25(28)29/h12-16,19H,3-11,27H2,1-2H3,(H,34,42)(H,35,43)(H,36,45)(H,37,44)(H,38,39)(H,40,41)(H,46,47)(H4,28,29,32)(H4,30,31,33)/t13-,14-,15-,16-,19-/m0/s1. The van der Waals surface area contributed by atoms with Crippen LogP contribution in [0.4, 0.5) is 0 Å². The summed E-state index contributed by atoms with van der Waals surface area (Å²) in [5.74, 6) is -9.05. The normalized spacial score (nSPS) is 13.9. The molecule has 266 valence electrons. The van der Waals surface area contributed by atoms with Gasteiger partial charge in [-0.25, -0.2) is 4.79 Å². The first kappa shape index (κ1) is 41.8. The molecule has 21 nitrogen and oxygen atoms in total. The van der Waals surface area contributed by atoms with Crippen LogP contribution in [0.15, 0.2) is 9.98 Å². The van der Waals surface area contributed by atoms with Crippen molar-refractivity contribution in [2.24, 2.45) is 44.6 Å². The number of nitrogens with zero attached hydrogens (tertiary/aromatic N) is 2. The van der Waals surface area contributed by atoms with Crippen molar-refractivity contribution in [3.63, 3.8) is 0 Å². The first-order valence-electron chi connectivity index (χ1n) is 14.6. The number of hydrogen-bond donors (Lipinski definition) is 12. The molecule has 21 heteroatoms. The molecular formula is C26H47N11O10. The van der Waals surface area contributed by atoms with Gasteiger partial charge in [0.05, 0.1) is 12.5 Å². The van der Waals surface area contributed by atoms with Gasteiger partial charge in [-0.1, -0.05) is 13.8 Å². The SMILES string of the molecule is CC(C)[C@H](NC(=O)[C@H](CCC(=O)O)NC(=O)[C@H](CCCN=C(N)N)NC(=O)[C@@H](N)CCCN=C(N)N)C(=O)N[C@@H](CC(=O)O)C(=O)O. The minimum atomic E-state index is -1.80. The molecule has 0 fully saturated rings. The number of carbonyl (C=O) groups is 7. The molecule has 0 aromatic heterocycles. The van der Waals surface area contributed by atoms with Crippen LogP contribution in [0, 0.1) is 5.92 Å². The van der Waals surface area contributed by atoms with Gasteiger partial charge in [0.1, 0.15) is 24.2 Å². The van der Waals surface area contributed by atoms with Gasteiger partial charge in [0, 0.05) is 19.5 Å². The Morgan fingerprint density at radius 2 is 1.09 bits per heavy atom. The van der Waals surface area contributed by atoms with E-state index in [1.165, 1.54) is 13.8 Å². The van der Waals surface area contributed by atoms with E-state index in [1.54, 1.807) is 0 Å². The molecule has 0 saturated heterocycles. The molecule has 0 aromatic carbocycles. The van der Waals surface area contributed by atoms with Crippen LogP contribution in [-0.4, -0.2) is 112 Å². The Morgan fingerprint density at radius 3 is 1.55 bits per heavy atom. The van der Waals surface area contributed by atoms with Crippen molar-refractivity contribution in [1.82, 2.24) is 21.3 Å². The van der Waals surface area contributed by atoms with Crippen LogP contribution in [0.25, 0.3) is 0 Å². The van der Waals surface area contributed by atoms with Crippen molar-refractivity contribution in [3.05, 3.63) is 0 Å². The lowest BCUT2D eigenvalue weighted by atomic mass is 10.0. The van der Waals surface area contributed by atoms with Crippen LogP contribution in [0.5, 0.6) is 0 Å². The smallest absolute Gasteiger partial charge is 0.326 e. The maximum Gasteiger partial charge on any atom is 0.326 e. The number of rotatable bonds is 23. The Bertz CT molecular complexity index is 1170. The summed E-state index contributed by atoms with van der Waals surface area (Å²) in [6, 6.07) is -7.09. The number of carboxylic acid groups (broad SMARTS) is 3. The third kappa shape index (κ3) is 18.4. The lowest BCUT2D eigenvalue weighted by Crippen LogP contribution is -2.59. The zero-order chi connectivity index (χ0) is 36.3. The van der Waals surface area contributed by atoms with E-state index in [1.807, 2.05) is 0 Å². The highest BCUT2D eigenvalue weighted by molar-refractivity contribution is 5.96. The van der Waals surface area contributed by atoms with Crippen LogP contribution in [0.3, 0.4) is 0 Å². The highest BCUT2D eigenvalue weighted by atomic mass is 16.4. The second-order valence-electron chi connectivity index (χ2n) is 10.8. The maximum absolute atomic E-state index is 13.4. The first-order valence-corrected chi connectivity index (χ1v) is 14.6. The fourth-order valence-corrected chi connectivity index (χ4v) is 3.94. The molecular weight excluding hydrogens is 626 g/mol. The monoisotopic (exact) mass is 673 g/mol. The summed E-state index contributed by atoms with van der Waals surface area (Å²) in [6.45, 7) is 3.30. The van der Waals surface area contributed by atoms with E-state index in [2.05, 4.69) is 31.3 Å². The molecule has 0 spiro atoms. The van der Waals surface area contributed by atoms with E-state index >= 15 is 0 Å². The second kappa shape index (κ2) is 21.5. The predicted molar refractivity (Wildman–Crippen MR) is 167 cm³/mol. The van der Waals surface area contributed by atoms with Crippen molar-refractivity contribution in [1.29, 1.82) is 0 Å². The van der Waals surface area contributed by atoms with Crippen LogP contribution < -0.4 is 49.9 Å². The number of hydrogen-bond acceptors (Lipinski definition) is 10. The zero-order valence-electron chi connectivity index (χ0n) is 26.3. The van der Waals surface area contributed by atoms with Gasteiger partial charge in [0.15, 0.2) is 11.9 Å². The molecule has 0 rings (SSSR count). The molecule has 47 heavy (non-hydrogen) atoms. The van der Waals surface area contributed by atoms with Crippen molar-refractivity contribution >= 4 is 53.5 Å². The summed E-state index contributed by atoms with van der Waals surface area (Å²) in [7, 11) is 0. The molecule has 4 amide bonds. The number of amides is 4. The van der Waals surface area contributed by atoms with Gasteiger partial charge in [0.2, 0.25) is 23.6 Å². The molecule has 5 atom stereocenters. The summed E-state index contributed by atoms with van der Waals surface area (Å²) in [5.41, 5.74) is 27.2. The Morgan fingerprint density at radius 1 is 0.617 bits per heavy atom. The Kier molecular flexibility index (Phi) is 19.1. The molecule has 0 radical (unpaired) electrons. The van der Waals surface area contributed by atoms with E-state index in [0.29, 0.717) is 6.42 Å². The molecule has 0 saturated carbocycles. The Labute approximate surface area is 270 Å². The van der Waals surface area contributed by atoms with Gasteiger partial charge in [-0.05, 0) is 38.0 Å². The summed E-state index contributed by atoms with van der Waals surface area (Å²) in [5, 5.41) is 36.8. The second-order valence-corrected chi connectivity index (χ2v) is 10.8. The van der Waals surface area contributed by atoms with E-state index in [4.69, 9.17) is 33.8 Å². The largest absolute Gasteiger partial charge is 0.481 e. The molecule has 0 unspecified atom stereocenters.